The smallest absolute Gasteiger partial charge is 0.123 e. The molecule has 0 unspecified atom stereocenters. The van der Waals surface area contributed by atoms with Gasteiger partial charge in [0.1, 0.15) is 11.6 Å². The average molecular weight is 267 g/mol. The zero-order chi connectivity index (χ0) is 14.1. The van der Waals surface area contributed by atoms with Gasteiger partial charge in [0, 0.05) is 17.1 Å². The van der Waals surface area contributed by atoms with Crippen molar-refractivity contribution in [1.82, 2.24) is 9.97 Å². The molecule has 0 aliphatic heterocycles. The van der Waals surface area contributed by atoms with Crippen molar-refractivity contribution in [2.24, 2.45) is 0 Å². The highest BCUT2D eigenvalue weighted by Crippen LogP contribution is 2.25. The number of halogens is 1. The number of aromatic nitrogens is 2. The quantitative estimate of drug-likeness (QED) is 0.772. The van der Waals surface area contributed by atoms with E-state index in [0.29, 0.717) is 5.82 Å². The van der Waals surface area contributed by atoms with Gasteiger partial charge in [-0.2, -0.15) is 0 Å². The van der Waals surface area contributed by atoms with Gasteiger partial charge in [-0.3, -0.25) is 0 Å². The Morgan fingerprint density at radius 1 is 1.15 bits per heavy atom. The van der Waals surface area contributed by atoms with E-state index in [9.17, 15) is 4.39 Å². The Morgan fingerprint density at radius 3 is 2.80 bits per heavy atom. The molecule has 0 amide bonds. The monoisotopic (exact) mass is 267 g/mol. The largest absolute Gasteiger partial charge is 0.384 e. The first-order valence-electron chi connectivity index (χ1n) is 6.48. The number of aryl methyl sites for hydroxylation is 1. The summed E-state index contributed by atoms with van der Waals surface area (Å²) in [5.41, 5.74) is 9.38. The highest BCUT2D eigenvalue weighted by Gasteiger charge is 2.08. The predicted molar refractivity (Wildman–Crippen MR) is 78.7 cm³/mol. The van der Waals surface area contributed by atoms with E-state index in [-0.39, 0.29) is 5.82 Å². The highest BCUT2D eigenvalue weighted by atomic mass is 19.1. The standard InChI is InChI=1S/C16H14FN3/c1-2-10-8-16(18)19-9-13(10)15-5-3-11-7-12(17)4-6-14(11)20-15/h3-9H,2H2,1H3,(H2,18,19). The first-order chi connectivity index (χ1) is 9.67. The maximum absolute atomic E-state index is 13.2. The second-order valence-corrected chi connectivity index (χ2v) is 4.65. The van der Waals surface area contributed by atoms with Crippen LogP contribution in [0, 0.1) is 5.82 Å². The summed E-state index contributed by atoms with van der Waals surface area (Å²) in [4.78, 5) is 8.71. The minimum absolute atomic E-state index is 0.254. The molecular weight excluding hydrogens is 253 g/mol. The van der Waals surface area contributed by atoms with Crippen LogP contribution in [0.4, 0.5) is 10.2 Å². The Morgan fingerprint density at radius 2 is 2.00 bits per heavy atom. The van der Waals surface area contributed by atoms with E-state index in [0.717, 1.165) is 34.1 Å². The van der Waals surface area contributed by atoms with Gasteiger partial charge in [-0.1, -0.05) is 13.0 Å². The van der Waals surface area contributed by atoms with E-state index in [4.69, 9.17) is 5.73 Å². The van der Waals surface area contributed by atoms with Gasteiger partial charge < -0.3 is 5.73 Å². The summed E-state index contributed by atoms with van der Waals surface area (Å²) in [5, 5.41) is 0.787. The van der Waals surface area contributed by atoms with Crippen LogP contribution < -0.4 is 5.73 Å². The van der Waals surface area contributed by atoms with Gasteiger partial charge in [0.2, 0.25) is 0 Å². The number of benzene rings is 1. The van der Waals surface area contributed by atoms with Crippen LogP contribution in [0.15, 0.2) is 42.6 Å². The Bertz CT molecular complexity index is 784. The van der Waals surface area contributed by atoms with Crippen molar-refractivity contribution >= 4 is 16.7 Å². The third kappa shape index (κ3) is 2.20. The number of hydrogen-bond acceptors (Lipinski definition) is 3. The lowest BCUT2D eigenvalue weighted by molar-refractivity contribution is 0.629. The summed E-state index contributed by atoms with van der Waals surface area (Å²) in [5.74, 6) is 0.254. The summed E-state index contributed by atoms with van der Waals surface area (Å²) in [6.45, 7) is 2.06. The van der Waals surface area contributed by atoms with Gasteiger partial charge in [0.25, 0.3) is 0 Å². The van der Waals surface area contributed by atoms with Crippen molar-refractivity contribution in [3.63, 3.8) is 0 Å². The molecule has 2 heterocycles. The molecular formula is C16H14FN3. The fourth-order valence-corrected chi connectivity index (χ4v) is 2.29. The molecule has 0 bridgehead atoms. The topological polar surface area (TPSA) is 51.8 Å². The van der Waals surface area contributed by atoms with Crippen molar-refractivity contribution in [3.8, 4) is 11.3 Å². The third-order valence-electron chi connectivity index (χ3n) is 3.32. The van der Waals surface area contributed by atoms with E-state index in [1.807, 2.05) is 18.2 Å². The number of nitrogen functional groups attached to an aromatic ring is 1. The van der Waals surface area contributed by atoms with Crippen LogP contribution in [0.3, 0.4) is 0 Å². The molecule has 2 N–H and O–H groups in total. The van der Waals surface area contributed by atoms with Crippen LogP contribution in [0.5, 0.6) is 0 Å². The molecule has 0 radical (unpaired) electrons. The number of fused-ring (bicyclic) bond motifs is 1. The molecule has 3 nitrogen and oxygen atoms in total. The first-order valence-corrected chi connectivity index (χ1v) is 6.48. The molecule has 3 rings (SSSR count). The predicted octanol–water partition coefficient (Wildman–Crippen LogP) is 3.58. The molecule has 3 aromatic rings. The van der Waals surface area contributed by atoms with Crippen LogP contribution in [0.2, 0.25) is 0 Å². The highest BCUT2D eigenvalue weighted by molar-refractivity contribution is 5.82. The molecule has 0 saturated carbocycles. The molecule has 0 spiro atoms. The van der Waals surface area contributed by atoms with Crippen LogP contribution in [-0.2, 0) is 6.42 Å². The lowest BCUT2D eigenvalue weighted by Gasteiger charge is -2.08. The number of anilines is 1. The van der Waals surface area contributed by atoms with Crippen molar-refractivity contribution in [1.29, 1.82) is 0 Å². The molecule has 2 aromatic heterocycles. The first kappa shape index (κ1) is 12.5. The van der Waals surface area contributed by atoms with E-state index in [1.165, 1.54) is 12.1 Å². The van der Waals surface area contributed by atoms with Gasteiger partial charge in [0.15, 0.2) is 0 Å². The summed E-state index contributed by atoms with van der Waals surface area (Å²) >= 11 is 0. The fraction of sp³-hybridized carbons (Fsp3) is 0.125. The van der Waals surface area contributed by atoms with Crippen LogP contribution in [0.25, 0.3) is 22.2 Å². The van der Waals surface area contributed by atoms with Gasteiger partial charge in [-0.25, -0.2) is 14.4 Å². The molecule has 0 fully saturated rings. The number of hydrogen-bond donors (Lipinski definition) is 1. The number of nitrogens with two attached hydrogens (primary N) is 1. The number of rotatable bonds is 2. The summed E-state index contributed by atoms with van der Waals surface area (Å²) < 4.78 is 13.2. The van der Waals surface area contributed by atoms with Gasteiger partial charge >= 0.3 is 0 Å². The van der Waals surface area contributed by atoms with E-state index in [2.05, 4.69) is 16.9 Å². The number of nitrogens with zero attached hydrogens (tertiary/aromatic N) is 2. The third-order valence-corrected chi connectivity index (χ3v) is 3.32. The van der Waals surface area contributed by atoms with Gasteiger partial charge in [-0.05, 0) is 42.3 Å². The molecule has 1 aromatic carbocycles. The van der Waals surface area contributed by atoms with Gasteiger partial charge in [0.05, 0.1) is 11.2 Å². The zero-order valence-corrected chi connectivity index (χ0v) is 11.1. The minimum Gasteiger partial charge on any atom is -0.384 e. The summed E-state index contributed by atoms with van der Waals surface area (Å²) in [6, 6.07) is 10.2. The summed E-state index contributed by atoms with van der Waals surface area (Å²) in [6.07, 6.45) is 2.59. The van der Waals surface area contributed by atoms with Gasteiger partial charge in [-0.15, -0.1) is 0 Å². The normalized spacial score (nSPS) is 10.9. The van der Waals surface area contributed by atoms with Crippen LogP contribution in [0.1, 0.15) is 12.5 Å². The van der Waals surface area contributed by atoms with Crippen LogP contribution in [-0.4, -0.2) is 9.97 Å². The molecule has 4 heteroatoms. The molecule has 0 atom stereocenters. The van der Waals surface area contributed by atoms with Crippen molar-refractivity contribution in [2.45, 2.75) is 13.3 Å². The molecule has 0 saturated heterocycles. The van der Waals surface area contributed by atoms with Crippen molar-refractivity contribution < 1.29 is 4.39 Å². The molecule has 0 aliphatic rings. The molecule has 100 valence electrons. The number of pyridine rings is 2. The maximum atomic E-state index is 13.2. The Labute approximate surface area is 116 Å². The average Bonchev–Trinajstić information content (AvgIpc) is 2.46. The Kier molecular flexibility index (Phi) is 3.06. The lowest BCUT2D eigenvalue weighted by Crippen LogP contribution is -1.96. The van der Waals surface area contributed by atoms with Crippen LogP contribution >= 0.6 is 0 Å². The molecule has 20 heavy (non-hydrogen) atoms. The van der Waals surface area contributed by atoms with Crippen molar-refractivity contribution in [2.75, 3.05) is 5.73 Å². The van der Waals surface area contributed by atoms with Crippen molar-refractivity contribution in [3.05, 3.63) is 54.0 Å². The summed E-state index contributed by atoms with van der Waals surface area (Å²) in [7, 11) is 0. The molecule has 0 aliphatic carbocycles. The van der Waals surface area contributed by atoms with E-state index < -0.39 is 0 Å². The Hall–Kier alpha value is -2.49. The fourth-order valence-electron chi connectivity index (χ4n) is 2.29. The Balaban J connectivity index is 2.17. The lowest BCUT2D eigenvalue weighted by atomic mass is 10.0. The second kappa shape index (κ2) is 4.89. The SMILES string of the molecule is CCc1cc(N)ncc1-c1ccc2cc(F)ccc2n1. The van der Waals surface area contributed by atoms with E-state index >= 15 is 0 Å². The maximum Gasteiger partial charge on any atom is 0.123 e. The second-order valence-electron chi connectivity index (χ2n) is 4.65. The zero-order valence-electron chi connectivity index (χ0n) is 11.1. The minimum atomic E-state index is -0.254. The van der Waals surface area contributed by atoms with E-state index in [1.54, 1.807) is 12.3 Å².